The van der Waals surface area contributed by atoms with E-state index in [1.807, 2.05) is 12.1 Å². The molecule has 3 aromatic rings. The molecule has 8 heteroatoms. The van der Waals surface area contributed by atoms with Crippen molar-refractivity contribution in [1.29, 1.82) is 0 Å². The van der Waals surface area contributed by atoms with Crippen molar-refractivity contribution in [3.8, 4) is 11.1 Å². The molecule has 0 radical (unpaired) electrons. The molecule has 1 aromatic heterocycles. The number of nitrogens with zero attached hydrogens (tertiary/aromatic N) is 3. The highest BCUT2D eigenvalue weighted by molar-refractivity contribution is 5.98. The summed E-state index contributed by atoms with van der Waals surface area (Å²) >= 11 is 0. The Bertz CT molecular complexity index is 1210. The predicted octanol–water partition coefficient (Wildman–Crippen LogP) is 4.66. The van der Waals surface area contributed by atoms with Gasteiger partial charge in [-0.3, -0.25) is 4.79 Å². The molecule has 2 atom stereocenters. The molecule has 1 amide bonds. The lowest BCUT2D eigenvalue weighted by atomic mass is 9.91. The average molecular weight is 486 g/mol. The van der Waals surface area contributed by atoms with Gasteiger partial charge >= 0.3 is 0 Å². The van der Waals surface area contributed by atoms with Crippen LogP contribution < -0.4 is 27.0 Å². The third-order valence-electron chi connectivity index (χ3n) is 7.21. The number of nitrogens with one attached hydrogen (secondary N) is 2. The lowest BCUT2D eigenvalue weighted by molar-refractivity contribution is 0.100. The van der Waals surface area contributed by atoms with Gasteiger partial charge in [-0.15, -0.1) is 0 Å². The molecular formula is C28H35N7O. The Morgan fingerprint density at radius 1 is 0.944 bits per heavy atom. The molecular weight excluding hydrogens is 450 g/mol. The molecule has 5 rings (SSSR count). The quantitative estimate of drug-likeness (QED) is 0.384. The number of aromatic nitrogens is 2. The molecule has 2 aliphatic rings. The number of anilines is 4. The Balaban J connectivity index is 1.38. The number of nitrogens with two attached hydrogens (primary N) is 2. The van der Waals surface area contributed by atoms with E-state index in [0.29, 0.717) is 11.8 Å². The van der Waals surface area contributed by atoms with Gasteiger partial charge in [-0.1, -0.05) is 37.1 Å². The number of primary amides is 1. The van der Waals surface area contributed by atoms with Gasteiger partial charge in [0.1, 0.15) is 11.4 Å². The van der Waals surface area contributed by atoms with Crippen LogP contribution in [0.15, 0.2) is 54.7 Å². The number of carbonyl (C=O) groups excluding carboxylic acids is 1. The van der Waals surface area contributed by atoms with Crippen molar-refractivity contribution in [2.75, 3.05) is 28.6 Å². The SMILES string of the molecule is NC(=O)c1cnc(N[C@@H]2CCCC[C@@H]2N)nc1Nc1cccc(-c2cccc(N3CCCCC3)c2)c1. The highest BCUT2D eigenvalue weighted by Crippen LogP contribution is 2.30. The van der Waals surface area contributed by atoms with Gasteiger partial charge in [0.05, 0.1) is 0 Å². The number of rotatable bonds is 7. The molecule has 0 spiro atoms. The summed E-state index contributed by atoms with van der Waals surface area (Å²) < 4.78 is 0. The fraction of sp³-hybridized carbons (Fsp3) is 0.393. The average Bonchev–Trinajstić information content (AvgIpc) is 2.91. The Kier molecular flexibility index (Phi) is 7.32. The second-order valence-electron chi connectivity index (χ2n) is 9.82. The summed E-state index contributed by atoms with van der Waals surface area (Å²) in [5.74, 6) is 0.239. The molecule has 1 aliphatic heterocycles. The Hall–Kier alpha value is -3.65. The van der Waals surface area contributed by atoms with E-state index in [1.54, 1.807) is 0 Å². The zero-order valence-electron chi connectivity index (χ0n) is 20.6. The number of amides is 1. The van der Waals surface area contributed by atoms with Gasteiger partial charge in [-0.2, -0.15) is 4.98 Å². The van der Waals surface area contributed by atoms with E-state index in [-0.39, 0.29) is 17.6 Å². The van der Waals surface area contributed by atoms with Crippen molar-refractivity contribution in [1.82, 2.24) is 9.97 Å². The van der Waals surface area contributed by atoms with E-state index >= 15 is 0 Å². The summed E-state index contributed by atoms with van der Waals surface area (Å²) in [6.07, 6.45) is 9.50. The van der Waals surface area contributed by atoms with E-state index in [4.69, 9.17) is 11.5 Å². The summed E-state index contributed by atoms with van der Waals surface area (Å²) in [4.78, 5) is 23.5. The lowest BCUT2D eigenvalue weighted by Crippen LogP contribution is -2.43. The molecule has 0 unspecified atom stereocenters. The largest absolute Gasteiger partial charge is 0.372 e. The van der Waals surface area contributed by atoms with Crippen molar-refractivity contribution in [2.24, 2.45) is 11.5 Å². The van der Waals surface area contributed by atoms with E-state index in [0.717, 1.165) is 55.6 Å². The number of hydrogen-bond acceptors (Lipinski definition) is 7. The number of carbonyl (C=O) groups is 1. The first-order valence-corrected chi connectivity index (χ1v) is 13.0. The minimum Gasteiger partial charge on any atom is -0.372 e. The fourth-order valence-electron chi connectivity index (χ4n) is 5.18. The topological polar surface area (TPSA) is 122 Å². The summed E-state index contributed by atoms with van der Waals surface area (Å²) in [7, 11) is 0. The highest BCUT2D eigenvalue weighted by atomic mass is 16.1. The lowest BCUT2D eigenvalue weighted by Gasteiger charge is -2.29. The molecule has 1 aliphatic carbocycles. The van der Waals surface area contributed by atoms with Crippen LogP contribution in [0, 0.1) is 0 Å². The van der Waals surface area contributed by atoms with Crippen LogP contribution in [-0.4, -0.2) is 41.0 Å². The standard InChI is InChI=1S/C28H35N7O/c29-24-12-2-3-13-25(24)33-28-31-18-23(26(30)36)27(34-28)32-21-10-6-8-19(16-21)20-9-7-11-22(17-20)35-14-4-1-5-15-35/h6-11,16-18,24-25H,1-5,12-15,29H2,(H2,30,36)(H2,31,32,33,34)/t24-,25+/m0/s1. The van der Waals surface area contributed by atoms with E-state index in [9.17, 15) is 4.79 Å². The Morgan fingerprint density at radius 3 is 2.47 bits per heavy atom. The molecule has 2 heterocycles. The number of hydrogen-bond donors (Lipinski definition) is 4. The zero-order chi connectivity index (χ0) is 24.9. The van der Waals surface area contributed by atoms with Crippen molar-refractivity contribution < 1.29 is 4.79 Å². The molecule has 2 aromatic carbocycles. The fourth-order valence-corrected chi connectivity index (χ4v) is 5.18. The van der Waals surface area contributed by atoms with Gasteiger partial charge in [0, 0.05) is 42.7 Å². The van der Waals surface area contributed by atoms with Gasteiger partial charge in [-0.25, -0.2) is 4.98 Å². The van der Waals surface area contributed by atoms with Gasteiger partial charge in [0.25, 0.3) is 5.91 Å². The third-order valence-corrected chi connectivity index (χ3v) is 7.21. The molecule has 36 heavy (non-hydrogen) atoms. The smallest absolute Gasteiger partial charge is 0.254 e. The predicted molar refractivity (Wildman–Crippen MR) is 146 cm³/mol. The maximum atomic E-state index is 12.1. The van der Waals surface area contributed by atoms with Crippen LogP contribution in [0.5, 0.6) is 0 Å². The number of piperidine rings is 1. The van der Waals surface area contributed by atoms with Crippen LogP contribution in [0.25, 0.3) is 11.1 Å². The maximum absolute atomic E-state index is 12.1. The Morgan fingerprint density at radius 2 is 1.69 bits per heavy atom. The van der Waals surface area contributed by atoms with Gasteiger partial charge < -0.3 is 27.0 Å². The minimum atomic E-state index is -0.580. The summed E-state index contributed by atoms with van der Waals surface area (Å²) in [6.45, 7) is 2.22. The summed E-state index contributed by atoms with van der Waals surface area (Å²) in [5, 5.41) is 6.65. The summed E-state index contributed by atoms with van der Waals surface area (Å²) in [5.41, 5.74) is 16.5. The first-order valence-electron chi connectivity index (χ1n) is 13.0. The normalized spacial score (nSPS) is 20.1. The summed E-state index contributed by atoms with van der Waals surface area (Å²) in [6, 6.07) is 17.0. The maximum Gasteiger partial charge on any atom is 0.254 e. The van der Waals surface area contributed by atoms with Crippen molar-refractivity contribution in [3.05, 3.63) is 60.3 Å². The molecule has 1 saturated carbocycles. The number of benzene rings is 2. The van der Waals surface area contributed by atoms with Gasteiger partial charge in [-0.05, 0) is 67.5 Å². The van der Waals surface area contributed by atoms with Crippen LogP contribution in [0.1, 0.15) is 55.3 Å². The van der Waals surface area contributed by atoms with E-state index in [2.05, 4.69) is 61.9 Å². The second-order valence-corrected chi connectivity index (χ2v) is 9.82. The first-order chi connectivity index (χ1) is 17.6. The molecule has 6 N–H and O–H groups in total. The molecule has 188 valence electrons. The van der Waals surface area contributed by atoms with Crippen LogP contribution >= 0.6 is 0 Å². The van der Waals surface area contributed by atoms with Crippen LogP contribution in [0.4, 0.5) is 23.1 Å². The molecule has 8 nitrogen and oxygen atoms in total. The molecule has 0 bridgehead atoms. The van der Waals surface area contributed by atoms with Crippen LogP contribution in [0.3, 0.4) is 0 Å². The van der Waals surface area contributed by atoms with Crippen LogP contribution in [0.2, 0.25) is 0 Å². The second kappa shape index (κ2) is 11.0. The van der Waals surface area contributed by atoms with Crippen molar-refractivity contribution in [2.45, 2.75) is 57.0 Å². The van der Waals surface area contributed by atoms with Crippen molar-refractivity contribution >= 4 is 29.0 Å². The monoisotopic (exact) mass is 485 g/mol. The molecule has 1 saturated heterocycles. The van der Waals surface area contributed by atoms with Gasteiger partial charge in [0.15, 0.2) is 0 Å². The third kappa shape index (κ3) is 5.60. The van der Waals surface area contributed by atoms with Crippen LogP contribution in [-0.2, 0) is 0 Å². The first kappa shape index (κ1) is 24.1. The van der Waals surface area contributed by atoms with Crippen molar-refractivity contribution in [3.63, 3.8) is 0 Å². The van der Waals surface area contributed by atoms with E-state index in [1.165, 1.54) is 31.1 Å². The van der Waals surface area contributed by atoms with Gasteiger partial charge in [0.2, 0.25) is 5.95 Å². The Labute approximate surface area is 212 Å². The molecule has 2 fully saturated rings. The highest BCUT2D eigenvalue weighted by Gasteiger charge is 2.23. The van der Waals surface area contributed by atoms with E-state index < -0.39 is 5.91 Å². The minimum absolute atomic E-state index is 0.0620. The zero-order valence-corrected chi connectivity index (χ0v) is 20.6.